The number of H-pyrrole nitrogens is 1. The molecule has 1 aromatic heterocycles. The molecule has 0 aromatic carbocycles. The van der Waals surface area contributed by atoms with Crippen molar-refractivity contribution in [1.29, 1.82) is 10.5 Å². The quantitative estimate of drug-likeness (QED) is 0.778. The molecule has 1 N–H and O–H groups in total. The first-order valence-corrected chi connectivity index (χ1v) is 5.03. The molecule has 1 aromatic rings. The summed E-state index contributed by atoms with van der Waals surface area (Å²) < 4.78 is 0. The highest BCUT2D eigenvalue weighted by Crippen LogP contribution is 2.25. The van der Waals surface area contributed by atoms with Crippen LogP contribution < -0.4 is 0 Å². The molecule has 1 heterocycles. The summed E-state index contributed by atoms with van der Waals surface area (Å²) in [5, 5.41) is 17.8. The second-order valence-electron chi connectivity index (χ2n) is 3.36. The van der Waals surface area contributed by atoms with E-state index < -0.39 is 0 Å². The normalized spacial score (nSPS) is 11.9. The van der Waals surface area contributed by atoms with Gasteiger partial charge in [-0.15, -0.1) is 6.58 Å². The van der Waals surface area contributed by atoms with Crippen molar-refractivity contribution in [3.8, 4) is 12.1 Å². The van der Waals surface area contributed by atoms with Gasteiger partial charge in [0.25, 0.3) is 0 Å². The van der Waals surface area contributed by atoms with E-state index in [9.17, 15) is 0 Å². The van der Waals surface area contributed by atoms with Crippen molar-refractivity contribution >= 4 is 0 Å². The third-order valence-corrected chi connectivity index (χ3v) is 2.42. The highest BCUT2D eigenvalue weighted by Gasteiger charge is 2.16. The molecule has 0 fully saturated rings. The van der Waals surface area contributed by atoms with Crippen LogP contribution in [0.15, 0.2) is 31.0 Å². The number of hydrogen-bond donors (Lipinski definition) is 1. The first-order valence-electron chi connectivity index (χ1n) is 5.03. The van der Waals surface area contributed by atoms with Gasteiger partial charge >= 0.3 is 0 Å². The fraction of sp³-hybridized carbons (Fsp3) is 0.231. The molecule has 3 nitrogen and oxygen atoms in total. The summed E-state index contributed by atoms with van der Waals surface area (Å²) in [5.74, 6) is 0.0490. The Morgan fingerprint density at radius 2 is 2.25 bits per heavy atom. The molecule has 0 aliphatic heterocycles. The zero-order valence-corrected chi connectivity index (χ0v) is 9.20. The van der Waals surface area contributed by atoms with Crippen molar-refractivity contribution in [1.82, 2.24) is 4.98 Å². The monoisotopic (exact) mass is 211 g/mol. The minimum absolute atomic E-state index is 0.0490. The second kappa shape index (κ2) is 5.58. The average molecular weight is 211 g/mol. The first-order chi connectivity index (χ1) is 7.78. The SMILES string of the molecule is C=CC(C/C=C\C)c1[nH]cc(C#N)c1C#N. The Labute approximate surface area is 95.3 Å². The summed E-state index contributed by atoms with van der Waals surface area (Å²) in [4.78, 5) is 2.99. The highest BCUT2D eigenvalue weighted by molar-refractivity contribution is 5.50. The van der Waals surface area contributed by atoms with Crippen LogP contribution in [-0.2, 0) is 0 Å². The number of nitriles is 2. The van der Waals surface area contributed by atoms with Crippen LogP contribution in [0, 0.1) is 22.7 Å². The predicted molar refractivity (Wildman–Crippen MR) is 62.6 cm³/mol. The minimum atomic E-state index is 0.0490. The maximum atomic E-state index is 9.02. The van der Waals surface area contributed by atoms with Crippen LogP contribution in [-0.4, -0.2) is 4.98 Å². The van der Waals surface area contributed by atoms with Gasteiger partial charge in [0.15, 0.2) is 0 Å². The molecule has 80 valence electrons. The highest BCUT2D eigenvalue weighted by atomic mass is 14.7. The Bertz CT molecular complexity index is 480. The number of rotatable bonds is 4. The summed E-state index contributed by atoms with van der Waals surface area (Å²) in [7, 11) is 0. The Hall–Kier alpha value is -2.26. The molecule has 0 saturated heterocycles. The van der Waals surface area contributed by atoms with E-state index in [4.69, 9.17) is 10.5 Å². The molecule has 1 rings (SSSR count). The lowest BCUT2D eigenvalue weighted by Gasteiger charge is -2.08. The van der Waals surface area contributed by atoms with E-state index in [1.54, 1.807) is 12.3 Å². The molecule has 1 unspecified atom stereocenters. The molecule has 0 amide bonds. The summed E-state index contributed by atoms with van der Waals surface area (Å²) in [6, 6.07) is 4.06. The summed E-state index contributed by atoms with van der Waals surface area (Å²) in [5.41, 5.74) is 1.59. The summed E-state index contributed by atoms with van der Waals surface area (Å²) in [6.07, 6.45) is 8.10. The molecule has 0 aliphatic rings. The van der Waals surface area contributed by atoms with Crippen molar-refractivity contribution in [2.75, 3.05) is 0 Å². The van der Waals surface area contributed by atoms with Gasteiger partial charge in [0.2, 0.25) is 0 Å². The van der Waals surface area contributed by atoms with Gasteiger partial charge in [-0.2, -0.15) is 10.5 Å². The van der Waals surface area contributed by atoms with Crippen LogP contribution in [0.5, 0.6) is 0 Å². The molecule has 0 radical (unpaired) electrons. The third kappa shape index (κ3) is 2.21. The average Bonchev–Trinajstić information content (AvgIpc) is 2.73. The van der Waals surface area contributed by atoms with Crippen LogP contribution in [0.25, 0.3) is 0 Å². The van der Waals surface area contributed by atoms with Crippen molar-refractivity contribution in [2.24, 2.45) is 0 Å². The Balaban J connectivity index is 3.12. The van der Waals surface area contributed by atoms with E-state index in [1.165, 1.54) is 0 Å². The lowest BCUT2D eigenvalue weighted by Crippen LogP contribution is -1.97. The van der Waals surface area contributed by atoms with Gasteiger partial charge in [-0.1, -0.05) is 18.2 Å². The maximum Gasteiger partial charge on any atom is 0.102 e. The lowest BCUT2D eigenvalue weighted by molar-refractivity contribution is 0.831. The standard InChI is InChI=1S/C13H13N3/c1-3-5-6-10(4-2)13-12(8-15)11(7-14)9-16-13/h3-5,9-10,16H,2,6H2,1H3/b5-3-. The number of hydrogen-bond acceptors (Lipinski definition) is 2. The number of nitrogens with one attached hydrogen (secondary N) is 1. The Morgan fingerprint density at radius 1 is 1.50 bits per heavy atom. The summed E-state index contributed by atoms with van der Waals surface area (Å²) in [6.45, 7) is 5.70. The van der Waals surface area contributed by atoms with Gasteiger partial charge in [-0.3, -0.25) is 0 Å². The number of aromatic nitrogens is 1. The van der Waals surface area contributed by atoms with Crippen LogP contribution in [0.4, 0.5) is 0 Å². The number of aromatic amines is 1. The van der Waals surface area contributed by atoms with E-state index in [0.29, 0.717) is 11.1 Å². The third-order valence-electron chi connectivity index (χ3n) is 2.42. The molecule has 0 aliphatic carbocycles. The second-order valence-corrected chi connectivity index (χ2v) is 3.36. The first kappa shape index (κ1) is 11.8. The van der Waals surface area contributed by atoms with Gasteiger partial charge in [-0.25, -0.2) is 0 Å². The van der Waals surface area contributed by atoms with Crippen LogP contribution in [0.3, 0.4) is 0 Å². The van der Waals surface area contributed by atoms with Crippen LogP contribution in [0.1, 0.15) is 36.1 Å². The van der Waals surface area contributed by atoms with Crippen molar-refractivity contribution in [3.05, 3.63) is 47.8 Å². The predicted octanol–water partition coefficient (Wildman–Crippen LogP) is 2.99. The largest absolute Gasteiger partial charge is 0.362 e. The fourth-order valence-electron chi connectivity index (χ4n) is 1.56. The molecule has 0 saturated carbocycles. The number of nitrogens with zero attached hydrogens (tertiary/aromatic N) is 2. The van der Waals surface area contributed by atoms with E-state index in [2.05, 4.69) is 17.6 Å². The van der Waals surface area contributed by atoms with Gasteiger partial charge in [0.05, 0.1) is 11.1 Å². The van der Waals surface area contributed by atoms with Crippen molar-refractivity contribution < 1.29 is 0 Å². The smallest absolute Gasteiger partial charge is 0.102 e. The molecule has 0 bridgehead atoms. The van der Waals surface area contributed by atoms with Gasteiger partial charge in [0.1, 0.15) is 12.1 Å². The molecule has 3 heteroatoms. The van der Waals surface area contributed by atoms with Gasteiger partial charge in [-0.05, 0) is 13.3 Å². The molecular weight excluding hydrogens is 198 g/mol. The van der Waals surface area contributed by atoms with Gasteiger partial charge < -0.3 is 4.98 Å². The maximum absolute atomic E-state index is 9.02. The fourth-order valence-corrected chi connectivity index (χ4v) is 1.56. The molecular formula is C13H13N3. The van der Waals surface area contributed by atoms with Crippen LogP contribution in [0.2, 0.25) is 0 Å². The molecule has 1 atom stereocenters. The lowest BCUT2D eigenvalue weighted by atomic mass is 9.97. The Kier molecular flexibility index (Phi) is 4.12. The number of allylic oxidation sites excluding steroid dienone is 3. The van der Waals surface area contributed by atoms with E-state index in [1.807, 2.05) is 25.1 Å². The van der Waals surface area contributed by atoms with Gasteiger partial charge in [0, 0.05) is 17.8 Å². The van der Waals surface area contributed by atoms with Crippen molar-refractivity contribution in [2.45, 2.75) is 19.3 Å². The zero-order chi connectivity index (χ0) is 12.0. The Morgan fingerprint density at radius 3 is 2.75 bits per heavy atom. The van der Waals surface area contributed by atoms with E-state index in [-0.39, 0.29) is 5.92 Å². The minimum Gasteiger partial charge on any atom is -0.362 e. The zero-order valence-electron chi connectivity index (χ0n) is 9.20. The molecule has 0 spiro atoms. The molecule has 16 heavy (non-hydrogen) atoms. The summed E-state index contributed by atoms with van der Waals surface area (Å²) >= 11 is 0. The van der Waals surface area contributed by atoms with E-state index in [0.717, 1.165) is 12.1 Å². The van der Waals surface area contributed by atoms with E-state index >= 15 is 0 Å². The van der Waals surface area contributed by atoms with Crippen molar-refractivity contribution in [3.63, 3.8) is 0 Å². The van der Waals surface area contributed by atoms with Crippen LogP contribution >= 0.6 is 0 Å². The topological polar surface area (TPSA) is 63.4 Å².